The Labute approximate surface area is 177 Å². The van der Waals surface area contributed by atoms with Gasteiger partial charge in [0.05, 0.1) is 6.04 Å². The molecule has 2 aromatic carbocycles. The van der Waals surface area contributed by atoms with Gasteiger partial charge in [-0.05, 0) is 24.3 Å². The fourth-order valence-electron chi connectivity index (χ4n) is 4.09. The maximum absolute atomic E-state index is 12.3. The van der Waals surface area contributed by atoms with Crippen LogP contribution in [-0.2, 0) is 4.79 Å². The quantitative estimate of drug-likeness (QED) is 0.768. The summed E-state index contributed by atoms with van der Waals surface area (Å²) in [6.45, 7) is 5.90. The second-order valence-corrected chi connectivity index (χ2v) is 7.81. The van der Waals surface area contributed by atoms with E-state index < -0.39 is 0 Å². The van der Waals surface area contributed by atoms with Crippen LogP contribution in [0.1, 0.15) is 6.42 Å². The lowest BCUT2D eigenvalue weighted by Crippen LogP contribution is -2.50. The summed E-state index contributed by atoms with van der Waals surface area (Å²) in [6.07, 6.45) is 0.337. The number of nitrogens with one attached hydrogen (secondary N) is 2. The summed E-state index contributed by atoms with van der Waals surface area (Å²) in [5.74, 6) is 0.0442. The van der Waals surface area contributed by atoms with Crippen molar-refractivity contribution < 1.29 is 9.59 Å². The summed E-state index contributed by atoms with van der Waals surface area (Å²) in [4.78, 5) is 31.0. The van der Waals surface area contributed by atoms with Gasteiger partial charge in [-0.15, -0.1) is 0 Å². The highest BCUT2D eigenvalue weighted by Gasteiger charge is 2.31. The number of para-hydroxylation sites is 2. The Hall–Kier alpha value is -3.06. The number of carbonyl (C=O) groups is 2. The number of hydrogen-bond acceptors (Lipinski definition) is 4. The molecule has 0 radical (unpaired) electrons. The molecule has 0 aliphatic carbocycles. The van der Waals surface area contributed by atoms with Crippen LogP contribution in [0.25, 0.3) is 0 Å². The van der Waals surface area contributed by atoms with Gasteiger partial charge in [-0.1, -0.05) is 36.4 Å². The summed E-state index contributed by atoms with van der Waals surface area (Å²) in [5.41, 5.74) is 2.15. The third-order valence-corrected chi connectivity index (χ3v) is 5.74. The first-order valence-corrected chi connectivity index (χ1v) is 10.6. The van der Waals surface area contributed by atoms with E-state index >= 15 is 0 Å². The normalized spacial score (nSPS) is 19.7. The van der Waals surface area contributed by atoms with Gasteiger partial charge in [0, 0.05) is 63.6 Å². The van der Waals surface area contributed by atoms with Crippen molar-refractivity contribution in [2.75, 3.05) is 55.6 Å². The highest BCUT2D eigenvalue weighted by molar-refractivity contribution is 5.96. The van der Waals surface area contributed by atoms with E-state index in [0.717, 1.165) is 38.4 Å². The number of nitrogens with zero attached hydrogens (tertiary/aromatic N) is 3. The number of anilines is 2. The fourth-order valence-corrected chi connectivity index (χ4v) is 4.09. The van der Waals surface area contributed by atoms with Gasteiger partial charge in [0.25, 0.3) is 0 Å². The number of piperazine rings is 1. The smallest absolute Gasteiger partial charge is 0.315 e. The van der Waals surface area contributed by atoms with Crippen molar-refractivity contribution in [3.63, 3.8) is 0 Å². The fraction of sp³-hybridized carbons (Fsp3) is 0.391. The monoisotopic (exact) mass is 407 g/mol. The predicted molar refractivity (Wildman–Crippen MR) is 119 cm³/mol. The summed E-state index contributed by atoms with van der Waals surface area (Å²) >= 11 is 0. The van der Waals surface area contributed by atoms with Crippen LogP contribution in [0.2, 0.25) is 0 Å². The molecule has 0 spiro atoms. The van der Waals surface area contributed by atoms with Crippen LogP contribution in [0.15, 0.2) is 60.7 Å². The number of amides is 3. The standard InChI is InChI=1S/C23H29N5O2/c29-22-17-19(18-28(22)21-9-5-2-6-10-21)25-23(30)24-11-12-26-13-15-27(16-14-26)20-7-3-1-4-8-20/h1-10,19H,11-18H2,(H2,24,25,30)/t19-/m1/s1. The molecule has 7 nitrogen and oxygen atoms in total. The molecular formula is C23H29N5O2. The zero-order valence-corrected chi connectivity index (χ0v) is 17.2. The number of hydrogen-bond donors (Lipinski definition) is 2. The molecule has 7 heteroatoms. The number of carbonyl (C=O) groups excluding carboxylic acids is 2. The van der Waals surface area contributed by atoms with Gasteiger partial charge in [0.2, 0.25) is 5.91 Å². The molecule has 158 valence electrons. The molecule has 1 atom stereocenters. The molecule has 30 heavy (non-hydrogen) atoms. The SMILES string of the molecule is O=C(NCCN1CCN(c2ccccc2)CC1)N[C@@H]1CC(=O)N(c2ccccc2)C1. The van der Waals surface area contributed by atoms with E-state index in [1.165, 1.54) is 5.69 Å². The van der Waals surface area contributed by atoms with Crippen LogP contribution in [0.5, 0.6) is 0 Å². The summed E-state index contributed by atoms with van der Waals surface area (Å²) in [6, 6.07) is 19.7. The Morgan fingerprint density at radius 3 is 2.20 bits per heavy atom. The number of rotatable bonds is 6. The van der Waals surface area contributed by atoms with Crippen LogP contribution in [0.3, 0.4) is 0 Å². The third-order valence-electron chi connectivity index (χ3n) is 5.74. The molecule has 0 unspecified atom stereocenters. The maximum Gasteiger partial charge on any atom is 0.315 e. The molecule has 2 aliphatic rings. The number of urea groups is 1. The molecule has 2 N–H and O–H groups in total. The highest BCUT2D eigenvalue weighted by atomic mass is 16.2. The van der Waals surface area contributed by atoms with Gasteiger partial charge >= 0.3 is 6.03 Å². The number of benzene rings is 2. The van der Waals surface area contributed by atoms with Crippen LogP contribution >= 0.6 is 0 Å². The lowest BCUT2D eigenvalue weighted by molar-refractivity contribution is -0.117. The van der Waals surface area contributed by atoms with Crippen LogP contribution in [0, 0.1) is 0 Å². The average Bonchev–Trinajstić information content (AvgIpc) is 3.15. The van der Waals surface area contributed by atoms with Crippen molar-refractivity contribution in [3.8, 4) is 0 Å². The molecule has 0 saturated carbocycles. The second kappa shape index (κ2) is 9.63. The van der Waals surface area contributed by atoms with Crippen LogP contribution < -0.4 is 20.4 Å². The Morgan fingerprint density at radius 2 is 1.53 bits per heavy atom. The first-order chi connectivity index (χ1) is 14.7. The Balaban J connectivity index is 1.14. The van der Waals surface area contributed by atoms with Crippen molar-refractivity contribution in [2.45, 2.75) is 12.5 Å². The van der Waals surface area contributed by atoms with Crippen LogP contribution in [-0.4, -0.2) is 68.7 Å². The lowest BCUT2D eigenvalue weighted by atomic mass is 10.2. The van der Waals surface area contributed by atoms with Gasteiger partial charge in [-0.2, -0.15) is 0 Å². The highest BCUT2D eigenvalue weighted by Crippen LogP contribution is 2.21. The van der Waals surface area contributed by atoms with E-state index in [9.17, 15) is 9.59 Å². The van der Waals surface area contributed by atoms with Crippen LogP contribution in [0.4, 0.5) is 16.2 Å². The first-order valence-electron chi connectivity index (χ1n) is 10.6. The molecule has 4 rings (SSSR count). The summed E-state index contributed by atoms with van der Waals surface area (Å²) in [7, 11) is 0. The Bertz CT molecular complexity index is 837. The summed E-state index contributed by atoms with van der Waals surface area (Å²) < 4.78 is 0. The van der Waals surface area contributed by atoms with E-state index in [0.29, 0.717) is 19.5 Å². The summed E-state index contributed by atoms with van der Waals surface area (Å²) in [5, 5.41) is 5.87. The third kappa shape index (κ3) is 5.10. The first kappa shape index (κ1) is 20.2. The minimum atomic E-state index is -0.203. The molecule has 2 fully saturated rings. The molecule has 2 aliphatic heterocycles. The lowest BCUT2D eigenvalue weighted by Gasteiger charge is -2.36. The van der Waals surface area contributed by atoms with Crippen molar-refractivity contribution in [3.05, 3.63) is 60.7 Å². The van der Waals surface area contributed by atoms with E-state index in [-0.39, 0.29) is 18.0 Å². The van der Waals surface area contributed by atoms with E-state index in [4.69, 9.17) is 0 Å². The Morgan fingerprint density at radius 1 is 0.900 bits per heavy atom. The average molecular weight is 408 g/mol. The molecule has 0 bridgehead atoms. The minimum absolute atomic E-state index is 0.0442. The van der Waals surface area contributed by atoms with E-state index in [1.54, 1.807) is 4.90 Å². The Kier molecular flexibility index (Phi) is 6.49. The minimum Gasteiger partial charge on any atom is -0.369 e. The van der Waals surface area contributed by atoms with Gasteiger partial charge in [-0.25, -0.2) is 4.79 Å². The van der Waals surface area contributed by atoms with Gasteiger partial charge in [0.1, 0.15) is 0 Å². The molecule has 2 aromatic rings. The zero-order chi connectivity index (χ0) is 20.8. The molecule has 3 amide bonds. The van der Waals surface area contributed by atoms with Gasteiger partial charge < -0.3 is 20.4 Å². The van der Waals surface area contributed by atoms with Crippen molar-refractivity contribution in [1.82, 2.24) is 15.5 Å². The zero-order valence-electron chi connectivity index (χ0n) is 17.2. The van der Waals surface area contributed by atoms with Crippen molar-refractivity contribution >= 4 is 23.3 Å². The second-order valence-electron chi connectivity index (χ2n) is 7.81. The maximum atomic E-state index is 12.3. The van der Waals surface area contributed by atoms with Crippen molar-refractivity contribution in [1.29, 1.82) is 0 Å². The molecular weight excluding hydrogens is 378 g/mol. The topological polar surface area (TPSA) is 67.9 Å². The van der Waals surface area contributed by atoms with Gasteiger partial charge in [0.15, 0.2) is 0 Å². The van der Waals surface area contributed by atoms with Crippen molar-refractivity contribution in [2.24, 2.45) is 0 Å². The van der Waals surface area contributed by atoms with E-state index in [1.807, 2.05) is 36.4 Å². The van der Waals surface area contributed by atoms with Gasteiger partial charge in [-0.3, -0.25) is 9.69 Å². The molecule has 0 aromatic heterocycles. The largest absolute Gasteiger partial charge is 0.369 e. The predicted octanol–water partition coefficient (Wildman–Crippen LogP) is 1.91. The molecule has 2 saturated heterocycles. The molecule has 2 heterocycles. The van der Waals surface area contributed by atoms with E-state index in [2.05, 4.69) is 44.7 Å².